The molecule has 1 amide bonds. The Morgan fingerprint density at radius 1 is 1.00 bits per heavy atom. The number of allylic oxidation sites excluding steroid dienone is 4. The van der Waals surface area contributed by atoms with E-state index in [1.54, 1.807) is 12.1 Å². The molecule has 0 spiro atoms. The first-order valence-corrected chi connectivity index (χ1v) is 14.6. The van der Waals surface area contributed by atoms with Crippen molar-refractivity contribution in [2.24, 2.45) is 0 Å². The van der Waals surface area contributed by atoms with Crippen LogP contribution >= 0.6 is 43.5 Å². The zero-order chi connectivity index (χ0) is 27.1. The van der Waals surface area contributed by atoms with E-state index < -0.39 is 5.92 Å². The van der Waals surface area contributed by atoms with Crippen molar-refractivity contribution in [3.05, 3.63) is 78.0 Å². The number of nitrogens with one attached hydrogen (secondary N) is 1. The number of rotatable bonds is 5. The zero-order valence-electron chi connectivity index (χ0n) is 21.1. The second-order valence-corrected chi connectivity index (χ2v) is 12.0. The third-order valence-electron chi connectivity index (χ3n) is 7.40. The van der Waals surface area contributed by atoms with Gasteiger partial charge in [-0.05, 0) is 99.9 Å². The number of halogens is 3. The van der Waals surface area contributed by atoms with Crippen molar-refractivity contribution >= 4 is 66.6 Å². The summed E-state index contributed by atoms with van der Waals surface area (Å²) in [4.78, 5) is 41.1. The Kier molecular flexibility index (Phi) is 7.85. The second kappa shape index (κ2) is 11.0. The van der Waals surface area contributed by atoms with Crippen LogP contribution in [0.4, 0.5) is 5.69 Å². The maximum Gasteiger partial charge on any atom is 0.262 e. The first kappa shape index (κ1) is 27.2. The molecule has 6 nitrogen and oxygen atoms in total. The smallest absolute Gasteiger partial charge is 0.262 e. The summed E-state index contributed by atoms with van der Waals surface area (Å²) in [5, 5.41) is 3.36. The van der Waals surface area contributed by atoms with Gasteiger partial charge in [-0.3, -0.25) is 14.4 Å². The number of nitrogens with zero attached hydrogens (tertiary/aromatic N) is 1. The average molecular weight is 663 g/mol. The third kappa shape index (κ3) is 5.10. The van der Waals surface area contributed by atoms with Crippen LogP contribution in [-0.2, 0) is 14.4 Å². The maximum atomic E-state index is 13.2. The van der Waals surface area contributed by atoms with Gasteiger partial charge in [-0.2, -0.15) is 0 Å². The summed E-state index contributed by atoms with van der Waals surface area (Å²) in [6.07, 6.45) is 4.27. The number of ketones is 2. The normalized spacial score (nSPS) is 18.0. The largest absolute Gasteiger partial charge is 0.481 e. The number of hydrogen-bond acceptors (Lipinski definition) is 5. The van der Waals surface area contributed by atoms with Crippen LogP contribution in [0.5, 0.6) is 5.75 Å². The Hall–Kier alpha value is -2.42. The van der Waals surface area contributed by atoms with Gasteiger partial charge >= 0.3 is 0 Å². The van der Waals surface area contributed by atoms with E-state index >= 15 is 0 Å². The van der Waals surface area contributed by atoms with Crippen LogP contribution in [0.15, 0.2) is 61.8 Å². The predicted octanol–water partition coefficient (Wildman–Crippen LogP) is 7.23. The standard InChI is InChI=1S/C29H27Br2ClN2O4/c1-15-9-10-17(13-20(15)32)33-25(37)14-38-29-18(30)11-16(12-19(29)31)26-27-21(5-3-7-23(27)35)34(2)22-6-4-8-24(36)28(22)26/h9-13,26H,3-8,14H2,1-2H3,(H,33,37). The quantitative estimate of drug-likeness (QED) is 0.366. The number of benzene rings is 2. The van der Waals surface area contributed by atoms with Crippen LogP contribution in [0.1, 0.15) is 55.6 Å². The Labute approximate surface area is 243 Å². The number of hydrogen-bond donors (Lipinski definition) is 1. The topological polar surface area (TPSA) is 75.7 Å². The number of anilines is 1. The molecule has 0 aromatic heterocycles. The van der Waals surface area contributed by atoms with Gasteiger partial charge in [-0.1, -0.05) is 17.7 Å². The number of carbonyl (C=O) groups excluding carboxylic acids is 3. The Morgan fingerprint density at radius 2 is 1.58 bits per heavy atom. The molecule has 2 aromatic rings. The summed E-state index contributed by atoms with van der Waals surface area (Å²) >= 11 is 13.4. The van der Waals surface area contributed by atoms with E-state index in [4.69, 9.17) is 16.3 Å². The average Bonchev–Trinajstić information content (AvgIpc) is 2.87. The number of amides is 1. The minimum Gasteiger partial charge on any atom is -0.481 e. The Balaban J connectivity index is 1.43. The van der Waals surface area contributed by atoms with Crippen molar-refractivity contribution in [3.8, 4) is 5.75 Å². The van der Waals surface area contributed by atoms with E-state index in [-0.39, 0.29) is 24.1 Å². The molecule has 0 radical (unpaired) electrons. The lowest BCUT2D eigenvalue weighted by Gasteiger charge is -2.42. The maximum absolute atomic E-state index is 13.2. The molecule has 1 heterocycles. The van der Waals surface area contributed by atoms with Gasteiger partial charge in [-0.15, -0.1) is 0 Å². The van der Waals surface area contributed by atoms with Gasteiger partial charge in [0, 0.05) is 59.1 Å². The first-order chi connectivity index (χ1) is 18.2. The minimum absolute atomic E-state index is 0.105. The summed E-state index contributed by atoms with van der Waals surface area (Å²) in [5.41, 5.74) is 5.88. The van der Waals surface area contributed by atoms with E-state index in [1.165, 1.54) is 0 Å². The molecule has 0 saturated heterocycles. The summed E-state index contributed by atoms with van der Waals surface area (Å²) in [6.45, 7) is 1.68. The van der Waals surface area contributed by atoms with Crippen molar-refractivity contribution in [2.45, 2.75) is 51.4 Å². The van der Waals surface area contributed by atoms with Gasteiger partial charge in [0.25, 0.3) is 5.91 Å². The Morgan fingerprint density at radius 3 is 2.13 bits per heavy atom. The lowest BCUT2D eigenvalue weighted by Crippen LogP contribution is -2.37. The van der Waals surface area contributed by atoms with E-state index in [0.717, 1.165) is 59.4 Å². The fourth-order valence-corrected chi connectivity index (χ4v) is 7.21. The molecule has 0 unspecified atom stereocenters. The molecule has 38 heavy (non-hydrogen) atoms. The summed E-state index contributed by atoms with van der Waals surface area (Å²) < 4.78 is 7.12. The minimum atomic E-state index is -0.409. The number of aryl methyl sites for hydroxylation is 1. The monoisotopic (exact) mass is 660 g/mol. The second-order valence-electron chi connectivity index (χ2n) is 9.88. The SMILES string of the molecule is Cc1ccc(NC(=O)COc2c(Br)cc(C3C4=C(CCCC4=O)N(C)C4=C3C(=O)CCC4)cc2Br)cc1Cl. The third-order valence-corrected chi connectivity index (χ3v) is 8.99. The predicted molar refractivity (Wildman–Crippen MR) is 154 cm³/mol. The zero-order valence-corrected chi connectivity index (χ0v) is 25.1. The molecule has 5 rings (SSSR count). The molecule has 2 aromatic carbocycles. The molecule has 1 aliphatic heterocycles. The Bertz CT molecular complexity index is 1360. The van der Waals surface area contributed by atoms with Crippen molar-refractivity contribution in [1.29, 1.82) is 0 Å². The van der Waals surface area contributed by atoms with Crippen molar-refractivity contribution in [1.82, 2.24) is 4.90 Å². The molecule has 198 valence electrons. The van der Waals surface area contributed by atoms with Crippen LogP contribution in [0.25, 0.3) is 0 Å². The van der Waals surface area contributed by atoms with Crippen LogP contribution < -0.4 is 10.1 Å². The molecule has 0 fully saturated rings. The van der Waals surface area contributed by atoms with Gasteiger partial charge in [-0.25, -0.2) is 0 Å². The highest BCUT2D eigenvalue weighted by molar-refractivity contribution is 9.11. The molecule has 3 aliphatic rings. The highest BCUT2D eigenvalue weighted by Crippen LogP contribution is 2.50. The summed E-state index contributed by atoms with van der Waals surface area (Å²) in [7, 11) is 1.98. The molecule has 9 heteroatoms. The van der Waals surface area contributed by atoms with Gasteiger partial charge in [0.15, 0.2) is 18.2 Å². The highest BCUT2D eigenvalue weighted by Gasteiger charge is 2.42. The van der Waals surface area contributed by atoms with E-state index in [2.05, 4.69) is 42.1 Å². The molecule has 0 atom stereocenters. The van der Waals surface area contributed by atoms with E-state index in [1.807, 2.05) is 32.2 Å². The van der Waals surface area contributed by atoms with Gasteiger partial charge in [0.2, 0.25) is 0 Å². The van der Waals surface area contributed by atoms with Crippen LogP contribution in [0.2, 0.25) is 5.02 Å². The molecule has 2 aliphatic carbocycles. The lowest BCUT2D eigenvalue weighted by atomic mass is 9.71. The van der Waals surface area contributed by atoms with Gasteiger partial charge < -0.3 is 15.0 Å². The molecule has 0 saturated carbocycles. The van der Waals surface area contributed by atoms with Gasteiger partial charge in [0.05, 0.1) is 8.95 Å². The lowest BCUT2D eigenvalue weighted by molar-refractivity contribution is -0.118. The van der Waals surface area contributed by atoms with Crippen LogP contribution in [-0.4, -0.2) is 36.0 Å². The highest BCUT2D eigenvalue weighted by atomic mass is 79.9. The molecular weight excluding hydrogens is 636 g/mol. The summed E-state index contributed by atoms with van der Waals surface area (Å²) in [6, 6.07) is 9.11. The van der Waals surface area contributed by atoms with Crippen LogP contribution in [0, 0.1) is 6.92 Å². The van der Waals surface area contributed by atoms with E-state index in [9.17, 15) is 14.4 Å². The van der Waals surface area contributed by atoms with Crippen molar-refractivity contribution in [3.63, 3.8) is 0 Å². The number of Topliss-reactive ketones (excluding diaryl/α,β-unsaturated/α-hetero) is 2. The summed E-state index contributed by atoms with van der Waals surface area (Å²) in [5.74, 6) is -0.0598. The molecular formula is C29H27Br2ClN2O4. The molecule has 1 N–H and O–H groups in total. The van der Waals surface area contributed by atoms with Crippen LogP contribution in [0.3, 0.4) is 0 Å². The first-order valence-electron chi connectivity index (χ1n) is 12.6. The van der Waals surface area contributed by atoms with Crippen molar-refractivity contribution in [2.75, 3.05) is 19.0 Å². The fraction of sp³-hybridized carbons (Fsp3) is 0.345. The van der Waals surface area contributed by atoms with Crippen molar-refractivity contribution < 1.29 is 19.1 Å². The number of ether oxygens (including phenoxy) is 1. The number of carbonyl (C=O) groups is 3. The molecule has 0 bridgehead atoms. The van der Waals surface area contributed by atoms with Gasteiger partial charge in [0.1, 0.15) is 5.75 Å². The fourth-order valence-electron chi connectivity index (χ4n) is 5.58. The van der Waals surface area contributed by atoms with E-state index in [0.29, 0.717) is 38.2 Å².